The normalized spacial score (nSPS) is 22.6. The summed E-state index contributed by atoms with van der Waals surface area (Å²) in [6.45, 7) is 4.92. The Bertz CT molecular complexity index is 707. The number of anilines is 1. The van der Waals surface area contributed by atoms with Crippen molar-refractivity contribution in [2.24, 2.45) is 5.92 Å². The van der Waals surface area contributed by atoms with Gasteiger partial charge in [0.05, 0.1) is 10.9 Å². The van der Waals surface area contributed by atoms with Crippen LogP contribution in [-0.4, -0.2) is 47.0 Å². The van der Waals surface area contributed by atoms with E-state index in [1.165, 1.54) is 11.8 Å². The Labute approximate surface area is 158 Å². The Kier molecular flexibility index (Phi) is 5.86. The number of amides is 3. The number of benzene rings is 1. The zero-order chi connectivity index (χ0) is 18.7. The highest BCUT2D eigenvalue weighted by atomic mass is 32.2. The lowest BCUT2D eigenvalue weighted by Crippen LogP contribution is -2.51. The Hall–Kier alpha value is -2.02. The summed E-state index contributed by atoms with van der Waals surface area (Å²) in [4.78, 5) is 39.7. The first kappa shape index (κ1) is 18.8. The van der Waals surface area contributed by atoms with E-state index in [9.17, 15) is 14.4 Å². The molecule has 0 aromatic heterocycles. The van der Waals surface area contributed by atoms with Crippen molar-refractivity contribution in [1.82, 2.24) is 10.2 Å². The van der Waals surface area contributed by atoms with Crippen molar-refractivity contribution >= 4 is 35.2 Å². The molecule has 0 bridgehead atoms. The molecule has 3 amide bonds. The molecule has 140 valence electrons. The summed E-state index contributed by atoms with van der Waals surface area (Å²) < 4.78 is 0. The number of likely N-dealkylation sites (tertiary alicyclic amines) is 1. The number of piperidine rings is 1. The number of nitrogens with one attached hydrogen (secondary N) is 2. The predicted molar refractivity (Wildman–Crippen MR) is 102 cm³/mol. The van der Waals surface area contributed by atoms with Crippen LogP contribution in [0.3, 0.4) is 0 Å². The lowest BCUT2D eigenvalue weighted by molar-refractivity contribution is -0.135. The minimum Gasteiger partial charge on any atom is -0.351 e. The fraction of sp³-hybridized carbons (Fsp3) is 0.526. The molecule has 0 aliphatic carbocycles. The highest BCUT2D eigenvalue weighted by Crippen LogP contribution is 2.36. The van der Waals surface area contributed by atoms with E-state index in [-0.39, 0.29) is 36.1 Å². The molecule has 1 aromatic rings. The minimum atomic E-state index is -0.414. The van der Waals surface area contributed by atoms with Gasteiger partial charge >= 0.3 is 0 Å². The quantitative estimate of drug-likeness (QED) is 0.846. The molecule has 7 heteroatoms. The van der Waals surface area contributed by atoms with E-state index in [0.29, 0.717) is 13.1 Å². The van der Waals surface area contributed by atoms with Crippen molar-refractivity contribution in [3.63, 3.8) is 0 Å². The molecule has 2 aliphatic rings. The predicted octanol–water partition coefficient (Wildman–Crippen LogP) is 2.25. The number of nitrogens with zero attached hydrogens (tertiary/aromatic N) is 1. The van der Waals surface area contributed by atoms with E-state index in [0.717, 1.165) is 23.4 Å². The minimum absolute atomic E-state index is 0.00355. The van der Waals surface area contributed by atoms with E-state index in [1.54, 1.807) is 4.90 Å². The van der Waals surface area contributed by atoms with Gasteiger partial charge in [-0.1, -0.05) is 26.0 Å². The van der Waals surface area contributed by atoms with E-state index in [2.05, 4.69) is 10.6 Å². The standard InChI is InChI=1S/C19H25N3O3S/c1-12(2)18(24)20-13-6-5-9-22(11-13)17(23)10-16-19(25)21-14-7-3-4-8-15(14)26-16/h3-4,7-8,12-13,16H,5-6,9-11H2,1-2H3,(H,20,24)(H,21,25)/t13-,16-/m0/s1. The molecule has 2 atom stereocenters. The van der Waals surface area contributed by atoms with Crippen LogP contribution in [-0.2, 0) is 14.4 Å². The second-order valence-corrected chi connectivity index (χ2v) is 8.38. The maximum Gasteiger partial charge on any atom is 0.238 e. The van der Waals surface area contributed by atoms with Gasteiger partial charge in [0.2, 0.25) is 17.7 Å². The molecule has 1 fully saturated rings. The molecule has 0 spiro atoms. The Morgan fingerprint density at radius 1 is 1.35 bits per heavy atom. The van der Waals surface area contributed by atoms with Crippen molar-refractivity contribution in [3.05, 3.63) is 24.3 Å². The number of hydrogen-bond acceptors (Lipinski definition) is 4. The maximum atomic E-state index is 12.7. The van der Waals surface area contributed by atoms with E-state index in [4.69, 9.17) is 0 Å². The van der Waals surface area contributed by atoms with Crippen molar-refractivity contribution in [3.8, 4) is 0 Å². The number of carbonyl (C=O) groups excluding carboxylic acids is 3. The fourth-order valence-electron chi connectivity index (χ4n) is 3.20. The van der Waals surface area contributed by atoms with Crippen molar-refractivity contribution in [2.75, 3.05) is 18.4 Å². The first-order valence-electron chi connectivity index (χ1n) is 9.08. The zero-order valence-electron chi connectivity index (χ0n) is 15.2. The van der Waals surface area contributed by atoms with Gasteiger partial charge < -0.3 is 15.5 Å². The summed E-state index contributed by atoms with van der Waals surface area (Å²) in [5.41, 5.74) is 0.806. The molecule has 2 N–H and O–H groups in total. The average molecular weight is 375 g/mol. The second-order valence-electron chi connectivity index (χ2n) is 7.14. The van der Waals surface area contributed by atoms with Gasteiger partial charge in [0, 0.05) is 36.4 Å². The van der Waals surface area contributed by atoms with Crippen LogP contribution >= 0.6 is 11.8 Å². The summed E-state index contributed by atoms with van der Waals surface area (Å²) >= 11 is 1.44. The van der Waals surface area contributed by atoms with Crippen molar-refractivity contribution < 1.29 is 14.4 Å². The largest absolute Gasteiger partial charge is 0.351 e. The topological polar surface area (TPSA) is 78.5 Å². The summed E-state index contributed by atoms with van der Waals surface area (Å²) in [6, 6.07) is 7.62. The summed E-state index contributed by atoms with van der Waals surface area (Å²) in [7, 11) is 0. The Morgan fingerprint density at radius 2 is 2.12 bits per heavy atom. The molecule has 2 aliphatic heterocycles. The van der Waals surface area contributed by atoms with Crippen LogP contribution in [0.15, 0.2) is 29.2 Å². The first-order valence-corrected chi connectivity index (χ1v) is 9.96. The third kappa shape index (κ3) is 4.38. The van der Waals surface area contributed by atoms with Gasteiger partial charge in [-0.05, 0) is 25.0 Å². The van der Waals surface area contributed by atoms with Gasteiger partial charge in [-0.3, -0.25) is 14.4 Å². The molecular formula is C19H25N3O3S. The number of fused-ring (bicyclic) bond motifs is 1. The van der Waals surface area contributed by atoms with Gasteiger partial charge in [0.25, 0.3) is 0 Å². The van der Waals surface area contributed by atoms with Crippen LogP contribution in [0, 0.1) is 5.92 Å². The van der Waals surface area contributed by atoms with Gasteiger partial charge in [0.1, 0.15) is 0 Å². The number of hydrogen-bond donors (Lipinski definition) is 2. The lowest BCUT2D eigenvalue weighted by Gasteiger charge is -2.34. The first-order chi connectivity index (χ1) is 12.4. The maximum absolute atomic E-state index is 12.7. The summed E-state index contributed by atoms with van der Waals surface area (Å²) in [6.07, 6.45) is 1.92. The third-order valence-corrected chi connectivity index (χ3v) is 5.99. The summed E-state index contributed by atoms with van der Waals surface area (Å²) in [5.74, 6) is -0.198. The molecule has 3 rings (SSSR count). The van der Waals surface area contributed by atoms with Gasteiger partial charge in [-0.2, -0.15) is 0 Å². The number of para-hydroxylation sites is 1. The van der Waals surface area contributed by atoms with Crippen molar-refractivity contribution in [2.45, 2.75) is 49.3 Å². The Balaban J connectivity index is 1.58. The molecular weight excluding hydrogens is 350 g/mol. The van der Waals surface area contributed by atoms with Crippen LogP contribution in [0.1, 0.15) is 33.1 Å². The highest BCUT2D eigenvalue weighted by Gasteiger charge is 2.32. The highest BCUT2D eigenvalue weighted by molar-refractivity contribution is 8.01. The summed E-state index contributed by atoms with van der Waals surface area (Å²) in [5, 5.41) is 5.48. The lowest BCUT2D eigenvalue weighted by atomic mass is 10.0. The van der Waals surface area contributed by atoms with Crippen LogP contribution in [0.2, 0.25) is 0 Å². The van der Waals surface area contributed by atoms with Crippen LogP contribution < -0.4 is 10.6 Å². The molecule has 26 heavy (non-hydrogen) atoms. The molecule has 6 nitrogen and oxygen atoms in total. The van der Waals surface area contributed by atoms with Crippen LogP contribution in [0.25, 0.3) is 0 Å². The number of rotatable bonds is 4. The average Bonchev–Trinajstić information content (AvgIpc) is 2.62. The van der Waals surface area contributed by atoms with Gasteiger partial charge in [0.15, 0.2) is 0 Å². The van der Waals surface area contributed by atoms with Crippen LogP contribution in [0.5, 0.6) is 0 Å². The van der Waals surface area contributed by atoms with E-state index >= 15 is 0 Å². The van der Waals surface area contributed by atoms with Crippen LogP contribution in [0.4, 0.5) is 5.69 Å². The molecule has 2 heterocycles. The third-order valence-electron chi connectivity index (χ3n) is 4.71. The van der Waals surface area contributed by atoms with E-state index < -0.39 is 5.25 Å². The fourth-order valence-corrected chi connectivity index (χ4v) is 4.31. The smallest absolute Gasteiger partial charge is 0.238 e. The monoisotopic (exact) mass is 375 g/mol. The molecule has 0 saturated carbocycles. The number of carbonyl (C=O) groups is 3. The van der Waals surface area contributed by atoms with E-state index in [1.807, 2.05) is 38.1 Å². The molecule has 0 unspecified atom stereocenters. The van der Waals surface area contributed by atoms with Crippen molar-refractivity contribution in [1.29, 1.82) is 0 Å². The van der Waals surface area contributed by atoms with Gasteiger partial charge in [-0.25, -0.2) is 0 Å². The molecule has 1 saturated heterocycles. The Morgan fingerprint density at radius 3 is 2.88 bits per heavy atom. The SMILES string of the molecule is CC(C)C(=O)N[C@H]1CCCN(C(=O)C[C@@H]2Sc3ccccc3NC2=O)C1. The zero-order valence-corrected chi connectivity index (χ0v) is 16.0. The number of thioether (sulfide) groups is 1. The molecule has 0 radical (unpaired) electrons. The van der Waals surface area contributed by atoms with Gasteiger partial charge in [-0.15, -0.1) is 11.8 Å². The second kappa shape index (κ2) is 8.12. The molecule has 1 aromatic carbocycles.